The van der Waals surface area contributed by atoms with Crippen molar-refractivity contribution >= 4 is 22.9 Å². The third-order valence-corrected chi connectivity index (χ3v) is 5.41. The summed E-state index contributed by atoms with van der Waals surface area (Å²) >= 11 is 7.74. The lowest BCUT2D eigenvalue weighted by molar-refractivity contribution is 0.0754. The Labute approximate surface area is 140 Å². The largest absolute Gasteiger partial charge is 0.381 e. The maximum Gasteiger partial charge on any atom is 0.110 e. The monoisotopic (exact) mass is 336 g/mol. The van der Waals surface area contributed by atoms with Crippen molar-refractivity contribution in [2.45, 2.75) is 38.8 Å². The van der Waals surface area contributed by atoms with Gasteiger partial charge in [0.25, 0.3) is 0 Å². The second-order valence-electron chi connectivity index (χ2n) is 5.74. The average molecular weight is 337 g/mol. The topological polar surface area (TPSA) is 34.1 Å². The van der Waals surface area contributed by atoms with Crippen LogP contribution in [-0.4, -0.2) is 24.2 Å². The Hall–Kier alpha value is -0.940. The minimum absolute atomic E-state index is 0.271. The van der Waals surface area contributed by atoms with E-state index in [0.29, 0.717) is 6.04 Å². The summed E-state index contributed by atoms with van der Waals surface area (Å²) in [4.78, 5) is 6.10. The number of rotatable bonds is 4. The van der Waals surface area contributed by atoms with Crippen LogP contribution in [0.5, 0.6) is 0 Å². The predicted octanol–water partition coefficient (Wildman–Crippen LogP) is 4.60. The first-order valence-electron chi connectivity index (χ1n) is 7.70. The molecule has 1 aromatic heterocycles. The van der Waals surface area contributed by atoms with Gasteiger partial charge in [0.2, 0.25) is 0 Å². The molecule has 118 valence electrons. The number of nitrogens with one attached hydrogen (secondary N) is 1. The molecule has 0 amide bonds. The fourth-order valence-corrected chi connectivity index (χ4v) is 3.85. The van der Waals surface area contributed by atoms with Crippen molar-refractivity contribution in [2.24, 2.45) is 0 Å². The summed E-state index contributed by atoms with van der Waals surface area (Å²) in [5.41, 5.74) is 2.19. The van der Waals surface area contributed by atoms with E-state index in [1.807, 2.05) is 24.3 Å². The van der Waals surface area contributed by atoms with Crippen LogP contribution in [0.4, 0.5) is 0 Å². The van der Waals surface area contributed by atoms with Crippen LogP contribution >= 0.6 is 22.9 Å². The van der Waals surface area contributed by atoms with Crippen LogP contribution in [0.25, 0.3) is 11.3 Å². The van der Waals surface area contributed by atoms with Crippen LogP contribution in [0.15, 0.2) is 24.3 Å². The number of aryl methyl sites for hydroxylation is 1. The molecule has 3 rings (SSSR count). The molecule has 1 saturated heterocycles. The van der Waals surface area contributed by atoms with Crippen LogP contribution in [0.3, 0.4) is 0 Å². The van der Waals surface area contributed by atoms with E-state index in [4.69, 9.17) is 21.3 Å². The van der Waals surface area contributed by atoms with E-state index in [9.17, 15) is 0 Å². The lowest BCUT2D eigenvalue weighted by Crippen LogP contribution is -2.36. The van der Waals surface area contributed by atoms with Gasteiger partial charge < -0.3 is 10.1 Å². The van der Waals surface area contributed by atoms with Crippen LogP contribution < -0.4 is 5.32 Å². The van der Waals surface area contributed by atoms with Gasteiger partial charge in [-0.25, -0.2) is 4.98 Å². The normalized spacial score (nSPS) is 17.6. The van der Waals surface area contributed by atoms with E-state index in [1.165, 1.54) is 4.88 Å². The van der Waals surface area contributed by atoms with E-state index in [0.717, 1.165) is 47.3 Å². The molecule has 1 aliphatic rings. The Kier molecular flexibility index (Phi) is 5.14. The maximum absolute atomic E-state index is 5.97. The number of hydrogen-bond acceptors (Lipinski definition) is 4. The number of halogens is 1. The first-order chi connectivity index (χ1) is 10.6. The molecular formula is C17H21ClN2OS. The van der Waals surface area contributed by atoms with Crippen molar-refractivity contribution in [2.75, 3.05) is 13.2 Å². The SMILES string of the molecule is Cc1sc([C@@H](C)NC2CCOCC2)nc1-c1ccc(Cl)cc1. The molecule has 0 unspecified atom stereocenters. The number of thiazole rings is 1. The summed E-state index contributed by atoms with van der Waals surface area (Å²) in [6.45, 7) is 6.04. The third kappa shape index (κ3) is 3.69. The van der Waals surface area contributed by atoms with E-state index in [1.54, 1.807) is 11.3 Å². The summed E-state index contributed by atoms with van der Waals surface area (Å²) < 4.78 is 5.41. The minimum Gasteiger partial charge on any atom is -0.381 e. The highest BCUT2D eigenvalue weighted by atomic mass is 35.5. The molecule has 22 heavy (non-hydrogen) atoms. The highest BCUT2D eigenvalue weighted by Crippen LogP contribution is 2.31. The Balaban J connectivity index is 1.74. The highest BCUT2D eigenvalue weighted by Gasteiger charge is 2.20. The molecule has 5 heteroatoms. The quantitative estimate of drug-likeness (QED) is 0.885. The van der Waals surface area contributed by atoms with Gasteiger partial charge in [0.1, 0.15) is 5.01 Å². The summed E-state index contributed by atoms with van der Waals surface area (Å²) in [6, 6.07) is 8.70. The summed E-state index contributed by atoms with van der Waals surface area (Å²) in [5.74, 6) is 0. The van der Waals surface area contributed by atoms with Crippen LogP contribution in [-0.2, 0) is 4.74 Å². The smallest absolute Gasteiger partial charge is 0.110 e. The first kappa shape index (κ1) is 15.9. The van der Waals surface area contributed by atoms with Gasteiger partial charge in [-0.15, -0.1) is 11.3 Å². The molecule has 0 saturated carbocycles. The standard InChI is InChI=1S/C17H21ClN2OS/c1-11(19-15-7-9-21-10-8-15)17-20-16(12(2)22-17)13-3-5-14(18)6-4-13/h3-6,11,15,19H,7-10H2,1-2H3/t11-/m1/s1. The minimum atomic E-state index is 0.271. The molecular weight excluding hydrogens is 316 g/mol. The zero-order valence-corrected chi connectivity index (χ0v) is 14.5. The molecule has 1 aromatic carbocycles. The molecule has 3 nitrogen and oxygen atoms in total. The lowest BCUT2D eigenvalue weighted by atomic mass is 10.1. The van der Waals surface area contributed by atoms with Crippen molar-refractivity contribution in [3.05, 3.63) is 39.2 Å². The van der Waals surface area contributed by atoms with E-state index in [-0.39, 0.29) is 6.04 Å². The van der Waals surface area contributed by atoms with Crippen molar-refractivity contribution in [1.82, 2.24) is 10.3 Å². The van der Waals surface area contributed by atoms with Gasteiger partial charge in [-0.1, -0.05) is 23.7 Å². The van der Waals surface area contributed by atoms with Gasteiger partial charge in [-0.3, -0.25) is 0 Å². The Morgan fingerprint density at radius 2 is 1.95 bits per heavy atom. The zero-order valence-electron chi connectivity index (χ0n) is 12.9. The van der Waals surface area contributed by atoms with Gasteiger partial charge in [-0.2, -0.15) is 0 Å². The molecule has 0 spiro atoms. The molecule has 0 aliphatic carbocycles. The molecule has 1 aliphatic heterocycles. The van der Waals surface area contributed by atoms with Crippen LogP contribution in [0, 0.1) is 6.92 Å². The number of nitrogens with zero attached hydrogens (tertiary/aromatic N) is 1. The van der Waals surface area contributed by atoms with Gasteiger partial charge in [-0.05, 0) is 38.8 Å². The van der Waals surface area contributed by atoms with Gasteiger partial charge in [0.05, 0.1) is 11.7 Å². The van der Waals surface area contributed by atoms with Crippen LogP contribution in [0.2, 0.25) is 5.02 Å². The summed E-state index contributed by atoms with van der Waals surface area (Å²) in [7, 11) is 0. The Bertz CT molecular complexity index is 620. The highest BCUT2D eigenvalue weighted by molar-refractivity contribution is 7.12. The molecule has 1 fully saturated rings. The summed E-state index contributed by atoms with van der Waals surface area (Å²) in [6.07, 6.45) is 2.16. The second-order valence-corrected chi connectivity index (χ2v) is 7.41. The molecule has 1 N–H and O–H groups in total. The van der Waals surface area contributed by atoms with Gasteiger partial charge in [0.15, 0.2) is 0 Å². The van der Waals surface area contributed by atoms with Crippen molar-refractivity contribution < 1.29 is 4.74 Å². The molecule has 2 aromatic rings. The van der Waals surface area contributed by atoms with Crippen molar-refractivity contribution in [3.8, 4) is 11.3 Å². The molecule has 0 radical (unpaired) electrons. The number of aromatic nitrogens is 1. The predicted molar refractivity (Wildman–Crippen MR) is 92.7 cm³/mol. The summed E-state index contributed by atoms with van der Waals surface area (Å²) in [5, 5.41) is 5.59. The molecule has 0 bridgehead atoms. The van der Waals surface area contributed by atoms with Gasteiger partial charge in [0, 0.05) is 34.7 Å². The van der Waals surface area contributed by atoms with Crippen molar-refractivity contribution in [1.29, 1.82) is 0 Å². The Morgan fingerprint density at radius 1 is 1.27 bits per heavy atom. The first-order valence-corrected chi connectivity index (χ1v) is 8.90. The zero-order chi connectivity index (χ0) is 15.5. The number of ether oxygens (including phenoxy) is 1. The lowest BCUT2D eigenvalue weighted by Gasteiger charge is -2.25. The van der Waals surface area contributed by atoms with Crippen LogP contribution in [0.1, 0.15) is 35.7 Å². The van der Waals surface area contributed by atoms with E-state index >= 15 is 0 Å². The van der Waals surface area contributed by atoms with E-state index < -0.39 is 0 Å². The average Bonchev–Trinajstić information content (AvgIpc) is 2.91. The Morgan fingerprint density at radius 3 is 2.64 bits per heavy atom. The fourth-order valence-electron chi connectivity index (χ4n) is 2.77. The van der Waals surface area contributed by atoms with Gasteiger partial charge >= 0.3 is 0 Å². The number of benzene rings is 1. The third-order valence-electron chi connectivity index (χ3n) is 4.01. The maximum atomic E-state index is 5.97. The van der Waals surface area contributed by atoms with E-state index in [2.05, 4.69) is 19.2 Å². The fraction of sp³-hybridized carbons (Fsp3) is 0.471. The molecule has 1 atom stereocenters. The van der Waals surface area contributed by atoms with Crippen molar-refractivity contribution in [3.63, 3.8) is 0 Å². The molecule has 2 heterocycles. The second kappa shape index (κ2) is 7.09. The number of hydrogen-bond donors (Lipinski definition) is 1.